The summed E-state index contributed by atoms with van der Waals surface area (Å²) in [5.41, 5.74) is 5.13. The molecule has 0 aliphatic carbocycles. The van der Waals surface area contributed by atoms with Crippen LogP contribution in [0.1, 0.15) is 41.6 Å². The molecule has 1 atom stereocenters. The Kier molecular flexibility index (Phi) is 5.84. The number of halogens is 1. The molecule has 1 nitrogen and oxygen atoms in total. The van der Waals surface area contributed by atoms with Crippen molar-refractivity contribution >= 4 is 11.6 Å². The van der Waals surface area contributed by atoms with Crippen molar-refractivity contribution < 1.29 is 0 Å². The second-order valence-electron chi connectivity index (χ2n) is 5.65. The van der Waals surface area contributed by atoms with Crippen LogP contribution in [-0.2, 0) is 6.42 Å². The highest BCUT2D eigenvalue weighted by Crippen LogP contribution is 2.25. The Hall–Kier alpha value is -1.31. The molecule has 0 fully saturated rings. The lowest BCUT2D eigenvalue weighted by molar-refractivity contribution is 0.528. The highest BCUT2D eigenvalue weighted by molar-refractivity contribution is 6.31. The maximum Gasteiger partial charge on any atom is 0.0438 e. The standard InChI is InChI=1S/C19H24ClN/c1-4-11-21-19(13-16-8-6-5-7-14(16)2)17-10-9-15(3)18(20)12-17/h5-10,12,19,21H,4,11,13H2,1-3H3. The van der Waals surface area contributed by atoms with Crippen LogP contribution in [0.2, 0.25) is 5.02 Å². The molecule has 0 aliphatic rings. The molecule has 1 unspecified atom stereocenters. The van der Waals surface area contributed by atoms with Crippen molar-refractivity contribution in [3.05, 3.63) is 69.7 Å². The van der Waals surface area contributed by atoms with E-state index < -0.39 is 0 Å². The third-order valence-corrected chi connectivity index (χ3v) is 4.33. The normalized spacial score (nSPS) is 12.4. The summed E-state index contributed by atoms with van der Waals surface area (Å²) >= 11 is 6.30. The molecule has 0 spiro atoms. The van der Waals surface area contributed by atoms with Crippen molar-refractivity contribution in [1.82, 2.24) is 5.32 Å². The molecule has 2 rings (SSSR count). The van der Waals surface area contributed by atoms with Crippen LogP contribution < -0.4 is 5.32 Å². The number of benzene rings is 2. The average Bonchev–Trinajstić information content (AvgIpc) is 2.48. The predicted octanol–water partition coefficient (Wildman–Crippen LogP) is 5.24. The van der Waals surface area contributed by atoms with Crippen LogP contribution in [0.15, 0.2) is 42.5 Å². The summed E-state index contributed by atoms with van der Waals surface area (Å²) in [7, 11) is 0. The fourth-order valence-corrected chi connectivity index (χ4v) is 2.70. The van der Waals surface area contributed by atoms with Gasteiger partial charge in [0.1, 0.15) is 0 Å². The highest BCUT2D eigenvalue weighted by Gasteiger charge is 2.13. The minimum atomic E-state index is 0.309. The fraction of sp³-hybridized carbons (Fsp3) is 0.368. The van der Waals surface area contributed by atoms with Crippen LogP contribution in [-0.4, -0.2) is 6.54 Å². The summed E-state index contributed by atoms with van der Waals surface area (Å²) in [5.74, 6) is 0. The van der Waals surface area contributed by atoms with E-state index in [1.165, 1.54) is 16.7 Å². The molecule has 0 heterocycles. The molecule has 0 saturated carbocycles. The molecule has 0 bridgehead atoms. The third kappa shape index (κ3) is 4.33. The minimum absolute atomic E-state index is 0.309. The van der Waals surface area contributed by atoms with E-state index in [1.54, 1.807) is 0 Å². The van der Waals surface area contributed by atoms with E-state index in [1.807, 2.05) is 6.92 Å². The van der Waals surface area contributed by atoms with Crippen LogP contribution in [0.5, 0.6) is 0 Å². The maximum atomic E-state index is 6.30. The van der Waals surface area contributed by atoms with E-state index in [4.69, 9.17) is 11.6 Å². The number of hydrogen-bond acceptors (Lipinski definition) is 1. The van der Waals surface area contributed by atoms with Crippen molar-refractivity contribution in [2.75, 3.05) is 6.54 Å². The van der Waals surface area contributed by atoms with E-state index >= 15 is 0 Å². The zero-order valence-corrected chi connectivity index (χ0v) is 13.9. The van der Waals surface area contributed by atoms with Crippen molar-refractivity contribution in [3.8, 4) is 0 Å². The van der Waals surface area contributed by atoms with Crippen molar-refractivity contribution in [3.63, 3.8) is 0 Å². The molecule has 21 heavy (non-hydrogen) atoms. The van der Waals surface area contributed by atoms with Crippen molar-refractivity contribution in [2.24, 2.45) is 0 Å². The van der Waals surface area contributed by atoms with Gasteiger partial charge < -0.3 is 5.32 Å². The monoisotopic (exact) mass is 301 g/mol. The van der Waals surface area contributed by atoms with Gasteiger partial charge in [-0.2, -0.15) is 0 Å². The third-order valence-electron chi connectivity index (χ3n) is 3.92. The summed E-state index contributed by atoms with van der Waals surface area (Å²) in [5, 5.41) is 4.50. The molecular weight excluding hydrogens is 278 g/mol. The van der Waals surface area contributed by atoms with Gasteiger partial charge in [-0.3, -0.25) is 0 Å². The van der Waals surface area contributed by atoms with Gasteiger partial charge in [0.05, 0.1) is 0 Å². The van der Waals surface area contributed by atoms with Gasteiger partial charge in [0, 0.05) is 11.1 Å². The van der Waals surface area contributed by atoms with Gasteiger partial charge in [0.25, 0.3) is 0 Å². The van der Waals surface area contributed by atoms with E-state index in [-0.39, 0.29) is 0 Å². The van der Waals surface area contributed by atoms with Crippen LogP contribution in [0, 0.1) is 13.8 Å². The molecule has 0 aliphatic heterocycles. The lowest BCUT2D eigenvalue weighted by Gasteiger charge is -2.21. The Morgan fingerprint density at radius 2 is 1.81 bits per heavy atom. The smallest absolute Gasteiger partial charge is 0.0438 e. The van der Waals surface area contributed by atoms with Crippen LogP contribution >= 0.6 is 11.6 Å². The number of aryl methyl sites for hydroxylation is 2. The van der Waals surface area contributed by atoms with Gasteiger partial charge in [-0.05, 0) is 61.6 Å². The number of nitrogens with one attached hydrogen (secondary N) is 1. The molecule has 2 heteroatoms. The Morgan fingerprint density at radius 3 is 2.48 bits per heavy atom. The largest absolute Gasteiger partial charge is 0.310 e. The summed E-state index contributed by atoms with van der Waals surface area (Å²) in [6, 6.07) is 15.3. The van der Waals surface area contributed by atoms with Crippen LogP contribution in [0.4, 0.5) is 0 Å². The topological polar surface area (TPSA) is 12.0 Å². The molecule has 0 amide bonds. The molecule has 0 saturated heterocycles. The second-order valence-corrected chi connectivity index (χ2v) is 6.05. The van der Waals surface area contributed by atoms with Gasteiger partial charge >= 0.3 is 0 Å². The van der Waals surface area contributed by atoms with Gasteiger partial charge in [-0.15, -0.1) is 0 Å². The van der Waals surface area contributed by atoms with Gasteiger partial charge in [-0.1, -0.05) is 54.9 Å². The summed E-state index contributed by atoms with van der Waals surface area (Å²) < 4.78 is 0. The lowest BCUT2D eigenvalue weighted by Crippen LogP contribution is -2.24. The molecule has 2 aromatic carbocycles. The molecule has 1 N–H and O–H groups in total. The fourth-order valence-electron chi connectivity index (χ4n) is 2.51. The van der Waals surface area contributed by atoms with Crippen molar-refractivity contribution in [2.45, 2.75) is 39.7 Å². The Morgan fingerprint density at radius 1 is 1.05 bits per heavy atom. The summed E-state index contributed by atoms with van der Waals surface area (Å²) in [6.45, 7) is 7.43. The first-order valence-electron chi connectivity index (χ1n) is 7.65. The number of rotatable bonds is 6. The zero-order valence-electron chi connectivity index (χ0n) is 13.1. The Labute approximate surface area is 133 Å². The first-order chi connectivity index (χ1) is 10.1. The zero-order chi connectivity index (χ0) is 15.2. The summed E-state index contributed by atoms with van der Waals surface area (Å²) in [6.07, 6.45) is 2.12. The van der Waals surface area contributed by atoms with Crippen molar-refractivity contribution in [1.29, 1.82) is 0 Å². The highest BCUT2D eigenvalue weighted by atomic mass is 35.5. The minimum Gasteiger partial charge on any atom is -0.310 e. The predicted molar refractivity (Wildman–Crippen MR) is 92.1 cm³/mol. The van der Waals surface area contributed by atoms with E-state index in [2.05, 4.69) is 61.6 Å². The first kappa shape index (κ1) is 16.1. The van der Waals surface area contributed by atoms with Crippen LogP contribution in [0.3, 0.4) is 0 Å². The van der Waals surface area contributed by atoms with E-state index in [0.717, 1.165) is 30.0 Å². The molecular formula is C19H24ClN. The molecule has 2 aromatic rings. The number of hydrogen-bond donors (Lipinski definition) is 1. The molecule has 0 radical (unpaired) electrons. The lowest BCUT2D eigenvalue weighted by atomic mass is 9.95. The average molecular weight is 302 g/mol. The Bertz CT molecular complexity index is 592. The first-order valence-corrected chi connectivity index (χ1v) is 8.03. The Balaban J connectivity index is 2.25. The second kappa shape index (κ2) is 7.63. The van der Waals surface area contributed by atoms with Gasteiger partial charge in [-0.25, -0.2) is 0 Å². The maximum absolute atomic E-state index is 6.30. The van der Waals surface area contributed by atoms with E-state index in [0.29, 0.717) is 6.04 Å². The van der Waals surface area contributed by atoms with Crippen LogP contribution in [0.25, 0.3) is 0 Å². The van der Waals surface area contributed by atoms with Gasteiger partial charge in [0.15, 0.2) is 0 Å². The molecule has 112 valence electrons. The quantitative estimate of drug-likeness (QED) is 0.769. The SMILES string of the molecule is CCCNC(Cc1ccccc1C)c1ccc(C)c(Cl)c1. The van der Waals surface area contributed by atoms with E-state index in [9.17, 15) is 0 Å². The molecule has 0 aromatic heterocycles. The van der Waals surface area contributed by atoms with Gasteiger partial charge in [0.2, 0.25) is 0 Å². The summed E-state index contributed by atoms with van der Waals surface area (Å²) in [4.78, 5) is 0.